The van der Waals surface area contributed by atoms with Crippen molar-refractivity contribution >= 4 is 33.3 Å². The number of nitrogens with one attached hydrogen (secondary N) is 2. The standard InChI is InChI=1S/C12H14F4N4S/c1-3-17-11-19-8(18-5-12(15,16)10(13)14)7-4-6(2)21-9(7)20-11/h4,10H,3,5H2,1-2H3,(H2,17,18,19,20). The average molecular weight is 322 g/mol. The van der Waals surface area contributed by atoms with Crippen LogP contribution in [-0.4, -0.2) is 35.4 Å². The van der Waals surface area contributed by atoms with Crippen molar-refractivity contribution in [2.45, 2.75) is 26.2 Å². The van der Waals surface area contributed by atoms with Gasteiger partial charge < -0.3 is 10.6 Å². The lowest BCUT2D eigenvalue weighted by Crippen LogP contribution is -2.35. The van der Waals surface area contributed by atoms with E-state index in [9.17, 15) is 17.6 Å². The van der Waals surface area contributed by atoms with E-state index < -0.39 is 18.9 Å². The summed E-state index contributed by atoms with van der Waals surface area (Å²) in [6, 6.07) is 1.73. The van der Waals surface area contributed by atoms with Crippen molar-refractivity contribution in [1.82, 2.24) is 9.97 Å². The highest BCUT2D eigenvalue weighted by Gasteiger charge is 2.40. The summed E-state index contributed by atoms with van der Waals surface area (Å²) in [7, 11) is 0. The summed E-state index contributed by atoms with van der Waals surface area (Å²) in [5.41, 5.74) is 0. The molecule has 4 nitrogen and oxygen atoms in total. The molecule has 0 saturated carbocycles. The fourth-order valence-corrected chi connectivity index (χ4v) is 2.57. The SMILES string of the molecule is CCNc1nc(NCC(F)(F)C(F)F)c2cc(C)sc2n1. The first-order valence-electron chi connectivity index (χ1n) is 6.25. The Morgan fingerprint density at radius 1 is 1.29 bits per heavy atom. The zero-order chi connectivity index (χ0) is 15.6. The molecule has 0 aliphatic carbocycles. The van der Waals surface area contributed by atoms with Gasteiger partial charge in [0.05, 0.1) is 11.9 Å². The molecule has 0 radical (unpaired) electrons. The fourth-order valence-electron chi connectivity index (χ4n) is 1.69. The molecule has 0 fully saturated rings. The first kappa shape index (κ1) is 15.7. The van der Waals surface area contributed by atoms with E-state index in [-0.39, 0.29) is 11.8 Å². The van der Waals surface area contributed by atoms with Crippen LogP contribution in [0.1, 0.15) is 11.8 Å². The highest BCUT2D eigenvalue weighted by atomic mass is 32.1. The van der Waals surface area contributed by atoms with Crippen molar-refractivity contribution in [3.63, 3.8) is 0 Å². The predicted molar refractivity (Wildman–Crippen MR) is 75.8 cm³/mol. The summed E-state index contributed by atoms with van der Waals surface area (Å²) in [5.74, 6) is -3.71. The number of halogens is 4. The number of aromatic nitrogens is 2. The van der Waals surface area contributed by atoms with Crippen molar-refractivity contribution in [3.8, 4) is 0 Å². The van der Waals surface area contributed by atoms with Crippen molar-refractivity contribution in [3.05, 3.63) is 10.9 Å². The number of hydrogen-bond donors (Lipinski definition) is 2. The number of hydrogen-bond acceptors (Lipinski definition) is 5. The van der Waals surface area contributed by atoms with Gasteiger partial charge in [-0.1, -0.05) is 0 Å². The maximum atomic E-state index is 13.0. The van der Waals surface area contributed by atoms with Crippen molar-refractivity contribution in [2.75, 3.05) is 23.7 Å². The van der Waals surface area contributed by atoms with E-state index in [1.807, 2.05) is 13.8 Å². The molecule has 0 spiro atoms. The molecule has 0 aliphatic rings. The van der Waals surface area contributed by atoms with Gasteiger partial charge in [0.1, 0.15) is 10.6 Å². The van der Waals surface area contributed by atoms with Crippen LogP contribution >= 0.6 is 11.3 Å². The molecule has 0 bridgehead atoms. The zero-order valence-electron chi connectivity index (χ0n) is 11.4. The third-order valence-corrected chi connectivity index (χ3v) is 3.61. The van der Waals surface area contributed by atoms with Gasteiger partial charge >= 0.3 is 12.3 Å². The van der Waals surface area contributed by atoms with Crippen LogP contribution in [0.3, 0.4) is 0 Å². The van der Waals surface area contributed by atoms with Gasteiger partial charge in [-0.05, 0) is 19.9 Å². The van der Waals surface area contributed by atoms with E-state index in [1.54, 1.807) is 6.07 Å². The molecule has 116 valence electrons. The number of nitrogens with zero attached hydrogens (tertiary/aromatic N) is 2. The quantitative estimate of drug-likeness (QED) is 0.796. The smallest absolute Gasteiger partial charge is 0.324 e. The Morgan fingerprint density at radius 3 is 2.62 bits per heavy atom. The number of anilines is 2. The van der Waals surface area contributed by atoms with Gasteiger partial charge in [0.2, 0.25) is 5.95 Å². The number of alkyl halides is 4. The molecule has 9 heteroatoms. The first-order chi connectivity index (χ1) is 9.83. The Kier molecular flexibility index (Phi) is 4.50. The molecule has 21 heavy (non-hydrogen) atoms. The Hall–Kier alpha value is -1.64. The minimum Gasteiger partial charge on any atom is -0.363 e. The molecule has 0 unspecified atom stereocenters. The second-order valence-corrected chi connectivity index (χ2v) is 5.65. The number of rotatable bonds is 6. The van der Waals surface area contributed by atoms with Gasteiger partial charge in [0.25, 0.3) is 0 Å². The molecular weight excluding hydrogens is 308 g/mol. The zero-order valence-corrected chi connectivity index (χ0v) is 12.2. The van der Waals surface area contributed by atoms with E-state index >= 15 is 0 Å². The molecule has 2 rings (SSSR count). The van der Waals surface area contributed by atoms with E-state index in [4.69, 9.17) is 0 Å². The third-order valence-electron chi connectivity index (χ3n) is 2.66. The number of aryl methyl sites for hydroxylation is 1. The number of thiophene rings is 1. The maximum absolute atomic E-state index is 13.0. The van der Waals surface area contributed by atoms with Gasteiger partial charge in [-0.3, -0.25) is 0 Å². The lowest BCUT2D eigenvalue weighted by atomic mass is 10.3. The Labute approximate surface area is 122 Å². The second-order valence-electron chi connectivity index (χ2n) is 4.42. The van der Waals surface area contributed by atoms with Crippen LogP contribution in [0.4, 0.5) is 29.3 Å². The summed E-state index contributed by atoms with van der Waals surface area (Å²) in [6.07, 6.45) is -3.72. The van der Waals surface area contributed by atoms with Crippen LogP contribution in [0.25, 0.3) is 10.2 Å². The van der Waals surface area contributed by atoms with Crippen LogP contribution in [0, 0.1) is 6.92 Å². The molecule has 0 saturated heterocycles. The van der Waals surface area contributed by atoms with Gasteiger partial charge in [-0.25, -0.2) is 13.8 Å². The summed E-state index contributed by atoms with van der Waals surface area (Å²) in [6.45, 7) is 3.06. The van der Waals surface area contributed by atoms with Gasteiger partial charge in [-0.2, -0.15) is 13.8 Å². The average Bonchev–Trinajstić information content (AvgIpc) is 2.76. The van der Waals surface area contributed by atoms with Crippen molar-refractivity contribution in [1.29, 1.82) is 0 Å². The summed E-state index contributed by atoms with van der Waals surface area (Å²) in [4.78, 5) is 9.85. The highest BCUT2D eigenvalue weighted by molar-refractivity contribution is 7.18. The monoisotopic (exact) mass is 322 g/mol. The van der Waals surface area contributed by atoms with Crippen LogP contribution in [-0.2, 0) is 0 Å². The minimum absolute atomic E-state index is 0.126. The minimum atomic E-state index is -4.11. The van der Waals surface area contributed by atoms with E-state index in [0.717, 1.165) is 4.88 Å². The molecular formula is C12H14F4N4S. The van der Waals surface area contributed by atoms with Gasteiger partial charge in [-0.15, -0.1) is 11.3 Å². The van der Waals surface area contributed by atoms with E-state index in [2.05, 4.69) is 20.6 Å². The van der Waals surface area contributed by atoms with Crippen molar-refractivity contribution < 1.29 is 17.6 Å². The van der Waals surface area contributed by atoms with E-state index in [1.165, 1.54) is 11.3 Å². The summed E-state index contributed by atoms with van der Waals surface area (Å²) >= 11 is 1.38. The number of fused-ring (bicyclic) bond motifs is 1. The maximum Gasteiger partial charge on any atom is 0.324 e. The van der Waals surface area contributed by atoms with Crippen molar-refractivity contribution in [2.24, 2.45) is 0 Å². The predicted octanol–water partition coefficient (Wildman–Crippen LogP) is 3.74. The normalized spacial score (nSPS) is 12.1. The Balaban J connectivity index is 2.32. The topological polar surface area (TPSA) is 49.8 Å². The second kappa shape index (κ2) is 6.00. The molecule has 2 aromatic heterocycles. The molecule has 0 aliphatic heterocycles. The highest BCUT2D eigenvalue weighted by Crippen LogP contribution is 2.31. The fraction of sp³-hybridized carbons (Fsp3) is 0.500. The molecule has 0 aromatic carbocycles. The molecule has 2 N–H and O–H groups in total. The third kappa shape index (κ3) is 3.52. The van der Waals surface area contributed by atoms with Crippen LogP contribution in [0.5, 0.6) is 0 Å². The van der Waals surface area contributed by atoms with Crippen LogP contribution in [0.2, 0.25) is 0 Å². The largest absolute Gasteiger partial charge is 0.363 e. The Bertz CT molecular complexity index is 629. The Morgan fingerprint density at radius 2 is 2.00 bits per heavy atom. The molecule has 2 aromatic rings. The molecule has 0 amide bonds. The first-order valence-corrected chi connectivity index (χ1v) is 7.07. The van der Waals surface area contributed by atoms with Gasteiger partial charge in [0, 0.05) is 11.4 Å². The van der Waals surface area contributed by atoms with Crippen LogP contribution in [0.15, 0.2) is 6.07 Å². The van der Waals surface area contributed by atoms with E-state index in [0.29, 0.717) is 16.8 Å². The molecule has 0 atom stereocenters. The van der Waals surface area contributed by atoms with Gasteiger partial charge in [0.15, 0.2) is 0 Å². The van der Waals surface area contributed by atoms with Crippen LogP contribution < -0.4 is 10.6 Å². The molecule has 2 heterocycles. The lowest BCUT2D eigenvalue weighted by molar-refractivity contribution is -0.117. The summed E-state index contributed by atoms with van der Waals surface area (Å²) in [5, 5.41) is 5.73. The lowest BCUT2D eigenvalue weighted by Gasteiger charge is -2.16. The summed E-state index contributed by atoms with van der Waals surface area (Å²) < 4.78 is 50.4.